The van der Waals surface area contributed by atoms with Crippen LogP contribution in [0.3, 0.4) is 0 Å². The molecule has 134 valence electrons. The van der Waals surface area contributed by atoms with Crippen molar-refractivity contribution < 1.29 is 13.2 Å². The molecule has 0 saturated heterocycles. The van der Waals surface area contributed by atoms with Gasteiger partial charge in [-0.3, -0.25) is 9.10 Å². The van der Waals surface area contributed by atoms with Crippen LogP contribution < -0.4 is 9.62 Å². The van der Waals surface area contributed by atoms with Gasteiger partial charge < -0.3 is 5.32 Å². The maximum atomic E-state index is 12.1. The third-order valence-electron chi connectivity index (χ3n) is 4.51. The Kier molecular flexibility index (Phi) is 5.58. The van der Waals surface area contributed by atoms with Crippen molar-refractivity contribution in [1.29, 1.82) is 0 Å². The van der Waals surface area contributed by atoms with E-state index in [-0.39, 0.29) is 23.8 Å². The number of nitrogens with zero attached hydrogens (tertiary/aromatic N) is 1. The summed E-state index contributed by atoms with van der Waals surface area (Å²) in [7, 11) is -3.39. The molecule has 1 fully saturated rings. The number of amides is 1. The van der Waals surface area contributed by atoms with Gasteiger partial charge in [-0.25, -0.2) is 8.42 Å². The van der Waals surface area contributed by atoms with Crippen LogP contribution in [0.5, 0.6) is 0 Å². The number of sulfonamides is 1. The highest BCUT2D eigenvalue weighted by atomic mass is 32.2. The van der Waals surface area contributed by atoms with Crippen molar-refractivity contribution in [3.8, 4) is 0 Å². The van der Waals surface area contributed by atoms with Gasteiger partial charge >= 0.3 is 0 Å². The van der Waals surface area contributed by atoms with Crippen LogP contribution in [-0.2, 0) is 20.2 Å². The Morgan fingerprint density at radius 2 is 1.79 bits per heavy atom. The first-order chi connectivity index (χ1) is 11.1. The average Bonchev–Trinajstić information content (AvgIpc) is 2.39. The summed E-state index contributed by atoms with van der Waals surface area (Å²) >= 11 is 0. The zero-order valence-corrected chi connectivity index (χ0v) is 15.8. The van der Waals surface area contributed by atoms with Gasteiger partial charge in [0.05, 0.1) is 18.5 Å². The molecule has 6 heteroatoms. The summed E-state index contributed by atoms with van der Waals surface area (Å²) in [6, 6.07) is 7.58. The maximum Gasteiger partial charge on any atom is 0.232 e. The van der Waals surface area contributed by atoms with E-state index in [9.17, 15) is 13.2 Å². The first kappa shape index (κ1) is 18.8. The lowest BCUT2D eigenvalue weighted by atomic mass is 9.85. The fourth-order valence-corrected chi connectivity index (χ4v) is 3.64. The molecule has 1 aromatic rings. The van der Waals surface area contributed by atoms with Crippen LogP contribution >= 0.6 is 0 Å². The van der Waals surface area contributed by atoms with E-state index in [1.807, 2.05) is 24.3 Å². The molecule has 0 aromatic heterocycles. The molecule has 1 amide bonds. The number of carbonyl (C=O) groups excluding carboxylic acids is 1. The summed E-state index contributed by atoms with van der Waals surface area (Å²) in [6.45, 7) is 6.92. The summed E-state index contributed by atoms with van der Waals surface area (Å²) in [4.78, 5) is 11.9. The van der Waals surface area contributed by atoms with Gasteiger partial charge in [0, 0.05) is 12.5 Å². The predicted molar refractivity (Wildman–Crippen MR) is 97.7 cm³/mol. The molecule has 1 saturated carbocycles. The maximum absolute atomic E-state index is 12.1. The first-order valence-corrected chi connectivity index (χ1v) is 10.3. The van der Waals surface area contributed by atoms with Gasteiger partial charge in [0.1, 0.15) is 0 Å². The van der Waals surface area contributed by atoms with E-state index in [1.165, 1.54) is 10.6 Å². The lowest BCUT2D eigenvalue weighted by Gasteiger charge is -2.26. The van der Waals surface area contributed by atoms with Gasteiger partial charge in [-0.15, -0.1) is 0 Å². The van der Waals surface area contributed by atoms with Gasteiger partial charge in [-0.1, -0.05) is 39.3 Å². The smallest absolute Gasteiger partial charge is 0.232 e. The van der Waals surface area contributed by atoms with Gasteiger partial charge in [-0.05, 0) is 36.0 Å². The minimum absolute atomic E-state index is 0.0190. The molecule has 5 nitrogen and oxygen atoms in total. The van der Waals surface area contributed by atoms with Crippen LogP contribution in [0, 0.1) is 5.92 Å². The molecule has 1 aliphatic carbocycles. The topological polar surface area (TPSA) is 66.5 Å². The lowest BCUT2D eigenvalue weighted by Crippen LogP contribution is -2.41. The normalized spacial score (nSPS) is 15.7. The summed E-state index contributed by atoms with van der Waals surface area (Å²) in [5, 5.41) is 2.85. The van der Waals surface area contributed by atoms with Crippen LogP contribution in [0.1, 0.15) is 45.6 Å². The molecular formula is C18H28N2O3S. The summed E-state index contributed by atoms with van der Waals surface area (Å²) < 4.78 is 25.6. The van der Waals surface area contributed by atoms with Crippen molar-refractivity contribution in [3.05, 3.63) is 29.8 Å². The van der Waals surface area contributed by atoms with Crippen molar-refractivity contribution in [3.63, 3.8) is 0 Å². The van der Waals surface area contributed by atoms with Crippen molar-refractivity contribution in [2.75, 3.05) is 23.7 Å². The second-order valence-corrected chi connectivity index (χ2v) is 9.46. The SMILES string of the molecule is CC(C)(C)c1ccc(N(CCNC(=O)C2CCC2)S(C)(=O)=O)cc1. The van der Waals surface area contributed by atoms with Crippen molar-refractivity contribution >= 4 is 21.6 Å². The molecule has 1 aromatic carbocycles. The zero-order chi connectivity index (χ0) is 18.0. The fraction of sp³-hybridized carbons (Fsp3) is 0.611. The number of carbonyl (C=O) groups is 1. The van der Waals surface area contributed by atoms with E-state index >= 15 is 0 Å². The van der Waals surface area contributed by atoms with Crippen molar-refractivity contribution in [2.45, 2.75) is 45.4 Å². The van der Waals surface area contributed by atoms with Crippen molar-refractivity contribution in [2.24, 2.45) is 5.92 Å². The Balaban J connectivity index is 2.04. The minimum atomic E-state index is -3.39. The lowest BCUT2D eigenvalue weighted by molar-refractivity contribution is -0.127. The molecule has 0 spiro atoms. The monoisotopic (exact) mass is 352 g/mol. The molecule has 0 unspecified atom stereocenters. The van der Waals surface area contributed by atoms with Gasteiger partial charge in [0.2, 0.25) is 15.9 Å². The van der Waals surface area contributed by atoms with Crippen LogP contribution in [0.15, 0.2) is 24.3 Å². The highest BCUT2D eigenvalue weighted by Gasteiger charge is 2.25. The standard InChI is InChI=1S/C18H28N2O3S/c1-18(2,3)15-8-10-16(11-9-15)20(24(4,22)23)13-12-19-17(21)14-6-5-7-14/h8-11,14H,5-7,12-13H2,1-4H3,(H,19,21). The molecule has 0 bridgehead atoms. The van der Waals surface area contributed by atoms with Crippen LogP contribution in [-0.4, -0.2) is 33.7 Å². The van der Waals surface area contributed by atoms with Gasteiger partial charge in [-0.2, -0.15) is 0 Å². The number of benzene rings is 1. The second kappa shape index (κ2) is 7.13. The first-order valence-electron chi connectivity index (χ1n) is 8.45. The fourth-order valence-electron chi connectivity index (χ4n) is 2.71. The van der Waals surface area contributed by atoms with Crippen LogP contribution in [0.25, 0.3) is 0 Å². The number of hydrogen-bond donors (Lipinski definition) is 1. The summed E-state index contributed by atoms with van der Waals surface area (Å²) in [5.41, 5.74) is 1.80. The molecular weight excluding hydrogens is 324 g/mol. The average molecular weight is 352 g/mol. The summed E-state index contributed by atoms with van der Waals surface area (Å²) in [5.74, 6) is 0.153. The van der Waals surface area contributed by atoms with Crippen molar-refractivity contribution in [1.82, 2.24) is 5.32 Å². The number of hydrogen-bond acceptors (Lipinski definition) is 3. The molecule has 0 heterocycles. The van der Waals surface area contributed by atoms with E-state index in [2.05, 4.69) is 26.1 Å². The Hall–Kier alpha value is -1.56. The molecule has 0 radical (unpaired) electrons. The second-order valence-electron chi connectivity index (χ2n) is 7.55. The molecule has 1 aliphatic rings. The molecule has 0 atom stereocenters. The Morgan fingerprint density at radius 3 is 2.21 bits per heavy atom. The largest absolute Gasteiger partial charge is 0.354 e. The number of anilines is 1. The van der Waals surface area contributed by atoms with E-state index in [4.69, 9.17) is 0 Å². The molecule has 2 rings (SSSR count). The third-order valence-corrected chi connectivity index (χ3v) is 5.71. The van der Waals surface area contributed by atoms with Crippen LogP contribution in [0.4, 0.5) is 5.69 Å². The molecule has 24 heavy (non-hydrogen) atoms. The zero-order valence-electron chi connectivity index (χ0n) is 15.0. The Morgan fingerprint density at radius 1 is 1.21 bits per heavy atom. The molecule has 0 aliphatic heterocycles. The van der Waals surface area contributed by atoms with Gasteiger partial charge in [0.15, 0.2) is 0 Å². The quantitative estimate of drug-likeness (QED) is 0.856. The highest BCUT2D eigenvalue weighted by Crippen LogP contribution is 2.27. The van der Waals surface area contributed by atoms with E-state index in [0.29, 0.717) is 12.2 Å². The van der Waals surface area contributed by atoms with E-state index < -0.39 is 10.0 Å². The van der Waals surface area contributed by atoms with E-state index in [1.54, 1.807) is 0 Å². The van der Waals surface area contributed by atoms with E-state index in [0.717, 1.165) is 24.8 Å². The number of rotatable bonds is 6. The van der Waals surface area contributed by atoms with Gasteiger partial charge in [0.25, 0.3) is 0 Å². The predicted octanol–water partition coefficient (Wildman–Crippen LogP) is 2.67. The highest BCUT2D eigenvalue weighted by molar-refractivity contribution is 7.92. The Labute approximate surface area is 145 Å². The van der Waals surface area contributed by atoms with Crippen LogP contribution in [0.2, 0.25) is 0 Å². The third kappa shape index (κ3) is 4.72. The number of nitrogens with one attached hydrogen (secondary N) is 1. The minimum Gasteiger partial charge on any atom is -0.354 e. The summed E-state index contributed by atoms with van der Waals surface area (Å²) in [6.07, 6.45) is 4.18. The Bertz CT molecular complexity index is 671. The molecule has 1 N–H and O–H groups in total.